The van der Waals surface area contributed by atoms with Gasteiger partial charge in [0.15, 0.2) is 6.10 Å². The number of hydrogen-bond acceptors (Lipinski definition) is 5. The third kappa shape index (κ3) is 2.39. The maximum atomic E-state index is 11.2. The molecule has 0 spiro atoms. The van der Waals surface area contributed by atoms with Crippen molar-refractivity contribution in [3.63, 3.8) is 0 Å². The molecule has 0 saturated carbocycles. The molecule has 0 aromatic heterocycles. The summed E-state index contributed by atoms with van der Waals surface area (Å²) in [5.41, 5.74) is 5.93. The predicted octanol–water partition coefficient (Wildman–Crippen LogP) is -2.10. The number of hydrogen-bond donors (Lipinski definition) is 5. The molecule has 8 nitrogen and oxygen atoms in total. The van der Waals surface area contributed by atoms with Crippen molar-refractivity contribution in [1.82, 2.24) is 0 Å². The van der Waals surface area contributed by atoms with Gasteiger partial charge in [0.1, 0.15) is 0 Å². The zero-order valence-corrected chi connectivity index (χ0v) is 9.61. The molecule has 0 heterocycles. The van der Waals surface area contributed by atoms with Crippen LogP contribution in [0.3, 0.4) is 0 Å². The minimum absolute atomic E-state index is 0.340. The molecule has 0 radical (unpaired) electrons. The Kier molecular flexibility index (Phi) is 3.88. The van der Waals surface area contributed by atoms with Crippen LogP contribution >= 0.6 is 0 Å². The van der Waals surface area contributed by atoms with Crippen LogP contribution in [0.4, 0.5) is 0 Å². The lowest BCUT2D eigenvalue weighted by Gasteiger charge is -2.28. The highest BCUT2D eigenvalue weighted by molar-refractivity contribution is 5.98. The molecular weight excluding hydrogens is 256 g/mol. The molecule has 102 valence electrons. The largest absolute Gasteiger partial charge is 0.479 e. The van der Waals surface area contributed by atoms with E-state index in [1.54, 1.807) is 0 Å². The fraction of sp³-hybridized carbons (Fsp3) is 0.182. The lowest BCUT2D eigenvalue weighted by Crippen LogP contribution is -2.53. The summed E-state index contributed by atoms with van der Waals surface area (Å²) < 4.78 is 0. The normalized spacial score (nSPS) is 15.3. The van der Waals surface area contributed by atoms with Gasteiger partial charge in [0, 0.05) is 11.1 Å². The summed E-state index contributed by atoms with van der Waals surface area (Å²) in [6.45, 7) is 0. The number of carbonyl (C=O) groups excluding carboxylic acids is 2. The summed E-state index contributed by atoms with van der Waals surface area (Å²) in [7, 11) is 0. The van der Waals surface area contributed by atoms with E-state index >= 15 is 0 Å². The average Bonchev–Trinajstić information content (AvgIpc) is 2.36. The summed E-state index contributed by atoms with van der Waals surface area (Å²) in [5.74, 6) is -4.41. The van der Waals surface area contributed by atoms with Gasteiger partial charge in [0.25, 0.3) is 0 Å². The number of amides is 2. The number of benzene rings is 1. The summed E-state index contributed by atoms with van der Waals surface area (Å²) in [6.07, 6.45) is -2.44. The van der Waals surface area contributed by atoms with E-state index in [0.29, 0.717) is 0 Å². The van der Waals surface area contributed by atoms with Crippen LogP contribution in [0.15, 0.2) is 24.3 Å². The smallest absolute Gasteiger partial charge is 0.343 e. The Labute approximate surface area is 107 Å². The zero-order chi connectivity index (χ0) is 14.8. The van der Waals surface area contributed by atoms with Gasteiger partial charge in [-0.3, -0.25) is 9.59 Å². The third-order valence-electron chi connectivity index (χ3n) is 2.59. The second-order valence-electron chi connectivity index (χ2n) is 3.79. The Morgan fingerprint density at radius 3 is 2.11 bits per heavy atom. The van der Waals surface area contributed by atoms with Crippen LogP contribution in [-0.2, 0) is 15.2 Å². The Bertz CT molecular complexity index is 544. The summed E-state index contributed by atoms with van der Waals surface area (Å²) >= 11 is 0. The van der Waals surface area contributed by atoms with Gasteiger partial charge in [-0.1, -0.05) is 18.2 Å². The molecule has 2 amide bonds. The van der Waals surface area contributed by atoms with Gasteiger partial charge in [-0.2, -0.15) is 0 Å². The molecule has 1 aromatic rings. The third-order valence-corrected chi connectivity index (χ3v) is 2.59. The second-order valence-corrected chi connectivity index (χ2v) is 3.79. The fourth-order valence-corrected chi connectivity index (χ4v) is 1.62. The second kappa shape index (κ2) is 5.04. The maximum absolute atomic E-state index is 11.2. The van der Waals surface area contributed by atoms with E-state index in [4.69, 9.17) is 16.6 Å². The highest BCUT2D eigenvalue weighted by atomic mass is 16.4. The van der Waals surface area contributed by atoms with Crippen LogP contribution in [0.25, 0.3) is 0 Å². The molecule has 8 heteroatoms. The number of carboxylic acid groups (broad SMARTS) is 1. The number of nitrogens with two attached hydrogens (primary N) is 2. The predicted molar refractivity (Wildman–Crippen MR) is 61.7 cm³/mol. The van der Waals surface area contributed by atoms with Crippen molar-refractivity contribution in [3.05, 3.63) is 35.4 Å². The first-order chi connectivity index (χ1) is 8.72. The number of carbonyl (C=O) groups is 3. The summed E-state index contributed by atoms with van der Waals surface area (Å²) in [6, 6.07) is 4.89. The molecule has 1 rings (SSSR count). The highest BCUT2D eigenvalue weighted by Gasteiger charge is 2.50. The molecule has 0 aliphatic rings. The molecule has 2 unspecified atom stereocenters. The Morgan fingerprint density at radius 1 is 1.16 bits per heavy atom. The number of aliphatic hydroxyl groups is 2. The highest BCUT2D eigenvalue weighted by Crippen LogP contribution is 2.28. The molecule has 0 bridgehead atoms. The van der Waals surface area contributed by atoms with Crippen molar-refractivity contribution in [2.24, 2.45) is 11.5 Å². The molecule has 0 saturated heterocycles. The molecule has 0 aliphatic heterocycles. The number of rotatable bonds is 5. The maximum Gasteiger partial charge on any atom is 0.343 e. The lowest BCUT2D eigenvalue weighted by atomic mass is 9.84. The van der Waals surface area contributed by atoms with E-state index in [1.165, 1.54) is 12.1 Å². The standard InChI is InChI=1S/C11H12N2O6/c12-8(15)5-3-1-2-4-6(5)11(19,10(17)18)7(14)9(13)16/h1-4,7,14,19H,(H2,12,15)(H2,13,16)(H,17,18). The van der Waals surface area contributed by atoms with Crippen LogP contribution < -0.4 is 11.5 Å². The van der Waals surface area contributed by atoms with Crippen LogP contribution in [0.5, 0.6) is 0 Å². The number of primary amides is 2. The average molecular weight is 268 g/mol. The first-order valence-corrected chi connectivity index (χ1v) is 5.05. The molecular formula is C11H12N2O6. The first kappa shape index (κ1) is 14.6. The van der Waals surface area contributed by atoms with E-state index in [1.807, 2.05) is 0 Å². The minimum atomic E-state index is -3.06. The van der Waals surface area contributed by atoms with E-state index in [0.717, 1.165) is 12.1 Å². The molecule has 19 heavy (non-hydrogen) atoms. The van der Waals surface area contributed by atoms with Crippen LogP contribution in [0.2, 0.25) is 0 Å². The van der Waals surface area contributed by atoms with Gasteiger partial charge >= 0.3 is 5.97 Å². The Balaban J connectivity index is 3.56. The van der Waals surface area contributed by atoms with Gasteiger partial charge in [0.2, 0.25) is 17.4 Å². The van der Waals surface area contributed by atoms with Gasteiger partial charge in [-0.15, -0.1) is 0 Å². The fourth-order valence-electron chi connectivity index (χ4n) is 1.62. The zero-order valence-electron chi connectivity index (χ0n) is 9.61. The topological polar surface area (TPSA) is 164 Å². The van der Waals surface area contributed by atoms with E-state index in [2.05, 4.69) is 0 Å². The van der Waals surface area contributed by atoms with E-state index < -0.39 is 35.1 Å². The van der Waals surface area contributed by atoms with Crippen LogP contribution in [0, 0.1) is 0 Å². The quantitative estimate of drug-likeness (QED) is 0.410. The SMILES string of the molecule is NC(=O)c1ccccc1C(O)(C(=O)O)C(O)C(N)=O. The van der Waals surface area contributed by atoms with Crippen molar-refractivity contribution in [2.75, 3.05) is 0 Å². The van der Waals surface area contributed by atoms with Crippen molar-refractivity contribution >= 4 is 17.8 Å². The van der Waals surface area contributed by atoms with Gasteiger partial charge < -0.3 is 26.8 Å². The van der Waals surface area contributed by atoms with Crippen molar-refractivity contribution in [2.45, 2.75) is 11.7 Å². The Hall–Kier alpha value is -2.45. The van der Waals surface area contributed by atoms with Gasteiger partial charge in [0.05, 0.1) is 0 Å². The molecule has 0 fully saturated rings. The van der Waals surface area contributed by atoms with Gasteiger partial charge in [-0.25, -0.2) is 4.79 Å². The van der Waals surface area contributed by atoms with Gasteiger partial charge in [-0.05, 0) is 6.07 Å². The number of carboxylic acids is 1. The van der Waals surface area contributed by atoms with Crippen molar-refractivity contribution in [3.8, 4) is 0 Å². The number of aliphatic hydroxyl groups excluding tert-OH is 1. The molecule has 0 aliphatic carbocycles. The van der Waals surface area contributed by atoms with Crippen LogP contribution in [-0.4, -0.2) is 39.2 Å². The van der Waals surface area contributed by atoms with E-state index in [-0.39, 0.29) is 5.56 Å². The molecule has 2 atom stereocenters. The minimum Gasteiger partial charge on any atom is -0.479 e. The Morgan fingerprint density at radius 2 is 1.68 bits per heavy atom. The monoisotopic (exact) mass is 268 g/mol. The summed E-state index contributed by atoms with van der Waals surface area (Å²) in [5, 5.41) is 28.6. The number of aliphatic carboxylic acids is 1. The van der Waals surface area contributed by atoms with Crippen molar-refractivity contribution < 1.29 is 29.7 Å². The summed E-state index contributed by atoms with van der Waals surface area (Å²) in [4.78, 5) is 33.3. The molecule has 1 aromatic carbocycles. The van der Waals surface area contributed by atoms with E-state index in [9.17, 15) is 24.6 Å². The first-order valence-electron chi connectivity index (χ1n) is 5.05. The molecule has 7 N–H and O–H groups in total. The van der Waals surface area contributed by atoms with Crippen LogP contribution in [0.1, 0.15) is 15.9 Å². The lowest BCUT2D eigenvalue weighted by molar-refractivity contribution is -0.177. The van der Waals surface area contributed by atoms with Crippen molar-refractivity contribution in [1.29, 1.82) is 0 Å².